The molecule has 0 unspecified atom stereocenters. The molecule has 1 aliphatic carbocycles. The second-order valence-electron chi connectivity index (χ2n) is 5.98. The van der Waals surface area contributed by atoms with Crippen LogP contribution in [0, 0.1) is 0 Å². The van der Waals surface area contributed by atoms with Crippen molar-refractivity contribution in [3.63, 3.8) is 0 Å². The van der Waals surface area contributed by atoms with Crippen LogP contribution in [0.15, 0.2) is 18.5 Å². The molecule has 112 valence electrons. The maximum absolute atomic E-state index is 10.0. The number of hydrogen-bond acceptors (Lipinski definition) is 5. The number of rotatable bonds is 3. The summed E-state index contributed by atoms with van der Waals surface area (Å²) >= 11 is 0. The highest BCUT2D eigenvalue weighted by Crippen LogP contribution is 2.31. The summed E-state index contributed by atoms with van der Waals surface area (Å²) in [5, 5.41) is 26.2. The number of aromatic nitrogens is 5. The van der Waals surface area contributed by atoms with Crippen molar-refractivity contribution in [1.29, 1.82) is 0 Å². The summed E-state index contributed by atoms with van der Waals surface area (Å²) in [6.45, 7) is 1.50. The molecule has 0 aromatic carbocycles. The predicted octanol–water partition coefficient (Wildman–Crippen LogP) is 0.762. The molecule has 7 nitrogen and oxygen atoms in total. The molecular formula is C14H20N6O. The first-order chi connectivity index (χ1) is 10.3. The van der Waals surface area contributed by atoms with Crippen molar-refractivity contribution in [3.8, 4) is 11.4 Å². The van der Waals surface area contributed by atoms with E-state index in [0.29, 0.717) is 12.6 Å². The van der Waals surface area contributed by atoms with Crippen LogP contribution >= 0.6 is 0 Å². The number of piperidine rings is 1. The third-order valence-electron chi connectivity index (χ3n) is 4.58. The molecule has 21 heavy (non-hydrogen) atoms. The Balaban J connectivity index is 1.54. The van der Waals surface area contributed by atoms with Gasteiger partial charge in [-0.15, -0.1) is 5.10 Å². The zero-order chi connectivity index (χ0) is 14.2. The van der Waals surface area contributed by atoms with Crippen molar-refractivity contribution < 1.29 is 5.11 Å². The van der Waals surface area contributed by atoms with Gasteiger partial charge in [-0.05, 0) is 38.3 Å². The van der Waals surface area contributed by atoms with E-state index in [4.69, 9.17) is 0 Å². The van der Waals surface area contributed by atoms with Crippen LogP contribution in [0.2, 0.25) is 0 Å². The molecule has 0 radical (unpaired) electrons. The topological polar surface area (TPSA) is 80.8 Å². The van der Waals surface area contributed by atoms with E-state index in [1.165, 1.54) is 19.3 Å². The molecule has 2 aromatic rings. The standard InChI is InChI=1S/C14H20N6O/c21-14-8-15-6-4-13(14)20-9-12(16-18-20)11-5-7-19(17-11)10-2-1-3-10/h5,7,9-10,13-15,21H,1-4,6,8H2/t13-,14-/m1/s1. The highest BCUT2D eigenvalue weighted by molar-refractivity contribution is 5.51. The van der Waals surface area contributed by atoms with E-state index in [9.17, 15) is 5.11 Å². The molecule has 0 spiro atoms. The smallest absolute Gasteiger partial charge is 0.133 e. The Morgan fingerprint density at radius 1 is 1.19 bits per heavy atom. The molecule has 0 bridgehead atoms. The molecule has 1 saturated carbocycles. The quantitative estimate of drug-likeness (QED) is 0.871. The van der Waals surface area contributed by atoms with E-state index in [2.05, 4.69) is 20.7 Å². The number of aliphatic hydroxyl groups is 1. The average Bonchev–Trinajstić information content (AvgIpc) is 3.06. The Kier molecular flexibility index (Phi) is 3.23. The minimum atomic E-state index is -0.416. The van der Waals surface area contributed by atoms with Gasteiger partial charge in [-0.1, -0.05) is 5.21 Å². The molecule has 1 saturated heterocycles. The fourth-order valence-electron chi connectivity index (χ4n) is 3.02. The summed E-state index contributed by atoms with van der Waals surface area (Å²) in [5.41, 5.74) is 1.63. The van der Waals surface area contributed by atoms with Gasteiger partial charge < -0.3 is 10.4 Å². The Bertz CT molecular complexity index is 617. The highest BCUT2D eigenvalue weighted by atomic mass is 16.3. The average molecular weight is 288 g/mol. The summed E-state index contributed by atoms with van der Waals surface area (Å²) < 4.78 is 3.82. The Labute approximate surface area is 123 Å². The van der Waals surface area contributed by atoms with Crippen molar-refractivity contribution in [2.75, 3.05) is 13.1 Å². The number of aliphatic hydroxyl groups excluding tert-OH is 1. The predicted molar refractivity (Wildman–Crippen MR) is 76.7 cm³/mol. The van der Waals surface area contributed by atoms with E-state index in [-0.39, 0.29) is 6.04 Å². The maximum Gasteiger partial charge on any atom is 0.133 e. The lowest BCUT2D eigenvalue weighted by Gasteiger charge is -2.27. The zero-order valence-electron chi connectivity index (χ0n) is 11.9. The molecule has 1 aliphatic heterocycles. The Morgan fingerprint density at radius 2 is 2.10 bits per heavy atom. The van der Waals surface area contributed by atoms with Gasteiger partial charge in [0.25, 0.3) is 0 Å². The van der Waals surface area contributed by atoms with Crippen molar-refractivity contribution in [2.45, 2.75) is 43.9 Å². The third kappa shape index (κ3) is 2.36. The van der Waals surface area contributed by atoms with E-state index in [1.54, 1.807) is 4.68 Å². The molecule has 2 aromatic heterocycles. The molecule has 7 heteroatoms. The molecular weight excluding hydrogens is 268 g/mol. The first-order valence-corrected chi connectivity index (χ1v) is 7.67. The maximum atomic E-state index is 10.0. The Morgan fingerprint density at radius 3 is 2.86 bits per heavy atom. The zero-order valence-corrected chi connectivity index (χ0v) is 11.9. The van der Waals surface area contributed by atoms with Gasteiger partial charge in [-0.25, -0.2) is 4.68 Å². The van der Waals surface area contributed by atoms with Crippen LogP contribution in [-0.2, 0) is 0 Å². The van der Waals surface area contributed by atoms with Crippen LogP contribution in [0.4, 0.5) is 0 Å². The van der Waals surface area contributed by atoms with Gasteiger partial charge in [0.1, 0.15) is 11.4 Å². The van der Waals surface area contributed by atoms with E-state index in [0.717, 1.165) is 24.4 Å². The molecule has 0 amide bonds. The van der Waals surface area contributed by atoms with Gasteiger partial charge in [0.2, 0.25) is 0 Å². The van der Waals surface area contributed by atoms with Gasteiger partial charge in [0, 0.05) is 12.7 Å². The van der Waals surface area contributed by atoms with Crippen LogP contribution in [0.1, 0.15) is 37.8 Å². The summed E-state index contributed by atoms with van der Waals surface area (Å²) in [4.78, 5) is 0. The fraction of sp³-hybridized carbons (Fsp3) is 0.643. The number of nitrogens with one attached hydrogen (secondary N) is 1. The third-order valence-corrected chi connectivity index (χ3v) is 4.58. The van der Waals surface area contributed by atoms with E-state index >= 15 is 0 Å². The number of β-amino-alcohol motifs (C(OH)–C–C–N with tert-alkyl or cyclic N) is 1. The van der Waals surface area contributed by atoms with Gasteiger partial charge in [0.15, 0.2) is 0 Å². The SMILES string of the molecule is O[C@@H]1CNCC[C@H]1n1cc(-c2ccn(C3CCC3)n2)nn1. The second kappa shape index (κ2) is 5.23. The number of hydrogen-bond donors (Lipinski definition) is 2. The summed E-state index contributed by atoms with van der Waals surface area (Å²) in [6.07, 6.45) is 8.10. The van der Waals surface area contributed by atoms with E-state index in [1.807, 2.05) is 23.1 Å². The first-order valence-electron chi connectivity index (χ1n) is 7.67. The second-order valence-corrected chi connectivity index (χ2v) is 5.98. The van der Waals surface area contributed by atoms with Crippen LogP contribution < -0.4 is 5.32 Å². The minimum Gasteiger partial charge on any atom is -0.390 e. The molecule has 2 N–H and O–H groups in total. The minimum absolute atomic E-state index is 0.00113. The van der Waals surface area contributed by atoms with Crippen molar-refractivity contribution in [1.82, 2.24) is 30.1 Å². The van der Waals surface area contributed by atoms with Crippen LogP contribution in [0.5, 0.6) is 0 Å². The molecule has 2 atom stereocenters. The Hall–Kier alpha value is -1.73. The van der Waals surface area contributed by atoms with Crippen LogP contribution in [-0.4, -0.2) is 49.1 Å². The molecule has 4 rings (SSSR count). The first kappa shape index (κ1) is 13.0. The lowest BCUT2D eigenvalue weighted by atomic mass is 9.93. The normalized spacial score (nSPS) is 26.7. The fourth-order valence-corrected chi connectivity index (χ4v) is 3.02. The summed E-state index contributed by atoms with van der Waals surface area (Å²) in [5.74, 6) is 0. The van der Waals surface area contributed by atoms with Crippen molar-refractivity contribution in [2.24, 2.45) is 0 Å². The highest BCUT2D eigenvalue weighted by Gasteiger charge is 2.26. The molecule has 2 fully saturated rings. The van der Waals surface area contributed by atoms with Gasteiger partial charge in [-0.2, -0.15) is 5.10 Å². The van der Waals surface area contributed by atoms with Crippen LogP contribution in [0.3, 0.4) is 0 Å². The largest absolute Gasteiger partial charge is 0.390 e. The summed E-state index contributed by atoms with van der Waals surface area (Å²) in [7, 11) is 0. The van der Waals surface area contributed by atoms with Gasteiger partial charge in [0.05, 0.1) is 24.4 Å². The molecule has 3 heterocycles. The van der Waals surface area contributed by atoms with Crippen molar-refractivity contribution in [3.05, 3.63) is 18.5 Å². The lowest BCUT2D eigenvalue weighted by Crippen LogP contribution is -2.41. The van der Waals surface area contributed by atoms with Gasteiger partial charge in [-0.3, -0.25) is 4.68 Å². The summed E-state index contributed by atoms with van der Waals surface area (Å²) in [6, 6.07) is 2.55. The van der Waals surface area contributed by atoms with Crippen LogP contribution in [0.25, 0.3) is 11.4 Å². The number of nitrogens with zero attached hydrogens (tertiary/aromatic N) is 5. The van der Waals surface area contributed by atoms with Gasteiger partial charge >= 0.3 is 0 Å². The molecule has 2 aliphatic rings. The monoisotopic (exact) mass is 288 g/mol. The van der Waals surface area contributed by atoms with Crippen molar-refractivity contribution >= 4 is 0 Å². The van der Waals surface area contributed by atoms with E-state index < -0.39 is 6.10 Å². The lowest BCUT2D eigenvalue weighted by molar-refractivity contribution is 0.0800.